The van der Waals surface area contributed by atoms with Crippen molar-refractivity contribution in [2.24, 2.45) is 7.05 Å². The lowest BCUT2D eigenvalue weighted by Gasteiger charge is -2.32. The van der Waals surface area contributed by atoms with Crippen molar-refractivity contribution in [3.63, 3.8) is 0 Å². The van der Waals surface area contributed by atoms with Crippen LogP contribution in [0.15, 0.2) is 29.1 Å². The summed E-state index contributed by atoms with van der Waals surface area (Å²) in [7, 11) is 1.64. The minimum Gasteiger partial charge on any atom is -0.480 e. The van der Waals surface area contributed by atoms with Crippen LogP contribution in [0, 0.1) is 0 Å². The summed E-state index contributed by atoms with van der Waals surface area (Å²) in [6.45, 7) is 0.269. The molecule has 0 radical (unpaired) electrons. The van der Waals surface area contributed by atoms with Crippen molar-refractivity contribution in [3.05, 3.63) is 34.7 Å². The van der Waals surface area contributed by atoms with Gasteiger partial charge in [0.2, 0.25) is 5.91 Å². The lowest BCUT2D eigenvalue weighted by atomic mass is 10.2. The highest BCUT2D eigenvalue weighted by Crippen LogP contribution is 2.13. The molecule has 1 aromatic carbocycles. The number of imidazole rings is 1. The molecule has 0 saturated carbocycles. The van der Waals surface area contributed by atoms with Gasteiger partial charge in [0, 0.05) is 13.6 Å². The van der Waals surface area contributed by atoms with E-state index in [4.69, 9.17) is 4.74 Å². The van der Waals surface area contributed by atoms with Gasteiger partial charge in [0.1, 0.15) is 6.54 Å². The SMILES string of the molecule is Cn1c(=O)n(CC(=O)N2CCOCC2C(=O)O)c2ccccc21. The number of hydrogen-bond acceptors (Lipinski definition) is 4. The monoisotopic (exact) mass is 319 g/mol. The molecule has 8 nitrogen and oxygen atoms in total. The zero-order chi connectivity index (χ0) is 16.6. The zero-order valence-electron chi connectivity index (χ0n) is 12.6. The van der Waals surface area contributed by atoms with Crippen LogP contribution >= 0.6 is 0 Å². The van der Waals surface area contributed by atoms with Gasteiger partial charge in [-0.1, -0.05) is 12.1 Å². The number of carbonyl (C=O) groups is 2. The number of carbonyl (C=O) groups excluding carboxylic acids is 1. The van der Waals surface area contributed by atoms with Gasteiger partial charge in [-0.2, -0.15) is 0 Å². The first-order valence-electron chi connectivity index (χ1n) is 7.25. The molecule has 1 saturated heterocycles. The maximum Gasteiger partial charge on any atom is 0.329 e. The molecule has 2 aromatic rings. The Morgan fingerprint density at radius 3 is 2.70 bits per heavy atom. The topological polar surface area (TPSA) is 93.8 Å². The summed E-state index contributed by atoms with van der Waals surface area (Å²) in [5.41, 5.74) is 1.07. The van der Waals surface area contributed by atoms with E-state index in [9.17, 15) is 19.5 Å². The average molecular weight is 319 g/mol. The Labute approximate surface area is 131 Å². The molecule has 1 N–H and O–H groups in total. The van der Waals surface area contributed by atoms with Crippen LogP contribution in [0.3, 0.4) is 0 Å². The third-order valence-corrected chi connectivity index (χ3v) is 4.08. The number of hydrogen-bond donors (Lipinski definition) is 1. The largest absolute Gasteiger partial charge is 0.480 e. The zero-order valence-corrected chi connectivity index (χ0v) is 12.6. The van der Waals surface area contributed by atoms with E-state index in [1.165, 1.54) is 14.0 Å². The van der Waals surface area contributed by atoms with Crippen LogP contribution in [0.1, 0.15) is 0 Å². The van der Waals surface area contributed by atoms with Crippen molar-refractivity contribution >= 4 is 22.9 Å². The number of aliphatic carboxylic acids is 1. The molecule has 2 heterocycles. The Balaban J connectivity index is 1.93. The van der Waals surface area contributed by atoms with E-state index in [1.54, 1.807) is 25.2 Å². The highest BCUT2D eigenvalue weighted by Gasteiger charge is 2.33. The highest BCUT2D eigenvalue weighted by molar-refractivity contribution is 5.85. The standard InChI is InChI=1S/C15H17N3O5/c1-16-10-4-2-3-5-11(10)18(15(16)22)8-13(19)17-6-7-23-9-12(17)14(20)21/h2-5,12H,6-9H2,1H3,(H,20,21). The van der Waals surface area contributed by atoms with Gasteiger partial charge in [0.15, 0.2) is 6.04 Å². The van der Waals surface area contributed by atoms with Crippen LogP contribution < -0.4 is 5.69 Å². The number of para-hydroxylation sites is 2. The van der Waals surface area contributed by atoms with Gasteiger partial charge >= 0.3 is 11.7 Å². The highest BCUT2D eigenvalue weighted by atomic mass is 16.5. The summed E-state index contributed by atoms with van der Waals surface area (Å²) in [4.78, 5) is 37.4. The molecular formula is C15H17N3O5. The fraction of sp³-hybridized carbons (Fsp3) is 0.400. The summed E-state index contributed by atoms with van der Waals surface area (Å²) in [6.07, 6.45) is 0. The number of benzene rings is 1. The van der Waals surface area contributed by atoms with E-state index >= 15 is 0 Å². The fourth-order valence-electron chi connectivity index (χ4n) is 2.85. The van der Waals surface area contributed by atoms with E-state index in [0.29, 0.717) is 12.1 Å². The second kappa shape index (κ2) is 5.88. The molecule has 1 fully saturated rings. The molecule has 1 aliphatic heterocycles. The van der Waals surface area contributed by atoms with Gasteiger partial charge in [-0.25, -0.2) is 9.59 Å². The number of ether oxygens (including phenoxy) is 1. The first kappa shape index (κ1) is 15.3. The van der Waals surface area contributed by atoms with Crippen molar-refractivity contribution in [1.29, 1.82) is 0 Å². The first-order chi connectivity index (χ1) is 11.0. The molecule has 0 bridgehead atoms. The summed E-state index contributed by atoms with van der Waals surface area (Å²) in [5.74, 6) is -1.51. The van der Waals surface area contributed by atoms with Gasteiger partial charge in [0.05, 0.1) is 24.2 Å². The van der Waals surface area contributed by atoms with Crippen molar-refractivity contribution in [2.45, 2.75) is 12.6 Å². The number of fused-ring (bicyclic) bond motifs is 1. The Morgan fingerprint density at radius 1 is 1.30 bits per heavy atom. The Hall–Kier alpha value is -2.61. The lowest BCUT2D eigenvalue weighted by molar-refractivity contribution is -0.158. The van der Waals surface area contributed by atoms with E-state index < -0.39 is 17.9 Å². The smallest absolute Gasteiger partial charge is 0.329 e. The Kier molecular flexibility index (Phi) is 3.91. The number of aromatic nitrogens is 2. The predicted octanol–water partition coefficient (Wildman–Crippen LogP) is -0.348. The minimum atomic E-state index is -1.11. The number of rotatable bonds is 3. The van der Waals surface area contributed by atoms with E-state index in [-0.39, 0.29) is 25.4 Å². The minimum absolute atomic E-state index is 0.0362. The van der Waals surface area contributed by atoms with Crippen LogP contribution in [0.25, 0.3) is 11.0 Å². The molecule has 0 aliphatic carbocycles. The normalized spacial score (nSPS) is 18.3. The number of morpholine rings is 1. The lowest BCUT2D eigenvalue weighted by Crippen LogP contribution is -2.53. The first-order valence-corrected chi connectivity index (χ1v) is 7.25. The Bertz CT molecular complexity index is 822. The number of aryl methyl sites for hydroxylation is 1. The van der Waals surface area contributed by atoms with Crippen LogP contribution in [0.5, 0.6) is 0 Å². The Morgan fingerprint density at radius 2 is 2.00 bits per heavy atom. The molecule has 23 heavy (non-hydrogen) atoms. The number of nitrogens with zero attached hydrogens (tertiary/aromatic N) is 3. The summed E-state index contributed by atoms with van der Waals surface area (Å²) in [5, 5.41) is 9.21. The van der Waals surface area contributed by atoms with Gasteiger partial charge in [0.25, 0.3) is 0 Å². The third-order valence-electron chi connectivity index (χ3n) is 4.08. The molecule has 122 valence electrons. The molecule has 8 heteroatoms. The quantitative estimate of drug-likeness (QED) is 0.835. The van der Waals surface area contributed by atoms with Crippen molar-refractivity contribution in [1.82, 2.24) is 14.0 Å². The van der Waals surface area contributed by atoms with Crippen molar-refractivity contribution in [2.75, 3.05) is 19.8 Å². The van der Waals surface area contributed by atoms with Gasteiger partial charge in [-0.3, -0.25) is 13.9 Å². The van der Waals surface area contributed by atoms with Crippen molar-refractivity contribution < 1.29 is 19.4 Å². The maximum atomic E-state index is 12.5. The molecule has 1 aliphatic rings. The van der Waals surface area contributed by atoms with Crippen LogP contribution in [0.2, 0.25) is 0 Å². The second-order valence-electron chi connectivity index (χ2n) is 5.43. The molecule has 1 atom stereocenters. The van der Waals surface area contributed by atoms with Crippen LogP contribution in [-0.2, 0) is 27.9 Å². The predicted molar refractivity (Wildman–Crippen MR) is 81.1 cm³/mol. The van der Waals surface area contributed by atoms with Gasteiger partial charge in [-0.05, 0) is 12.1 Å². The maximum absolute atomic E-state index is 12.5. The summed E-state index contributed by atoms with van der Waals surface area (Å²) >= 11 is 0. The number of carboxylic acids is 1. The summed E-state index contributed by atoms with van der Waals surface area (Å²) in [6, 6.07) is 6.15. The molecule has 1 unspecified atom stereocenters. The second-order valence-corrected chi connectivity index (χ2v) is 5.43. The molecule has 1 aromatic heterocycles. The average Bonchev–Trinajstić information content (AvgIpc) is 2.80. The van der Waals surface area contributed by atoms with Crippen LogP contribution in [0.4, 0.5) is 0 Å². The molecule has 3 rings (SSSR count). The van der Waals surface area contributed by atoms with E-state index in [0.717, 1.165) is 5.52 Å². The van der Waals surface area contributed by atoms with Gasteiger partial charge in [-0.15, -0.1) is 0 Å². The third kappa shape index (κ3) is 2.61. The van der Waals surface area contributed by atoms with E-state index in [1.807, 2.05) is 6.07 Å². The van der Waals surface area contributed by atoms with Gasteiger partial charge < -0.3 is 14.7 Å². The van der Waals surface area contributed by atoms with Crippen LogP contribution in [-0.4, -0.2) is 56.8 Å². The molecule has 1 amide bonds. The van der Waals surface area contributed by atoms with E-state index in [2.05, 4.69) is 0 Å². The summed E-state index contributed by atoms with van der Waals surface area (Å²) < 4.78 is 7.96. The number of carboxylic acid groups (broad SMARTS) is 1. The molecular weight excluding hydrogens is 302 g/mol. The van der Waals surface area contributed by atoms with Crippen molar-refractivity contribution in [3.8, 4) is 0 Å². The fourth-order valence-corrected chi connectivity index (χ4v) is 2.85. The molecule has 0 spiro atoms. The number of amides is 1.